The van der Waals surface area contributed by atoms with Gasteiger partial charge in [-0.1, -0.05) is 30.3 Å². The van der Waals surface area contributed by atoms with E-state index in [1.807, 2.05) is 36.7 Å². The van der Waals surface area contributed by atoms with Crippen molar-refractivity contribution < 1.29 is 19.0 Å². The van der Waals surface area contributed by atoms with Crippen LogP contribution in [-0.4, -0.2) is 43.2 Å². The van der Waals surface area contributed by atoms with Crippen LogP contribution in [0.4, 0.5) is 0 Å². The van der Waals surface area contributed by atoms with Gasteiger partial charge in [0, 0.05) is 16.8 Å². The molecule has 0 saturated heterocycles. The van der Waals surface area contributed by atoms with Gasteiger partial charge in [0.25, 0.3) is 5.91 Å². The first kappa shape index (κ1) is 21.9. The van der Waals surface area contributed by atoms with Crippen LogP contribution in [0.1, 0.15) is 32.9 Å². The molecule has 0 saturated carbocycles. The molecule has 1 N–H and O–H groups in total. The maximum Gasteiger partial charge on any atom is 0.271 e. The molecule has 162 valence electrons. The Morgan fingerprint density at radius 2 is 1.71 bits per heavy atom. The largest absolute Gasteiger partial charge is 0.493 e. The molecule has 8 nitrogen and oxygen atoms in total. The number of nitrogens with zero attached hydrogens (tertiary/aromatic N) is 3. The summed E-state index contributed by atoms with van der Waals surface area (Å²) in [5.74, 6) is 0.805. The second-order valence-corrected chi connectivity index (χ2v) is 6.84. The van der Waals surface area contributed by atoms with Gasteiger partial charge in [-0.3, -0.25) is 9.48 Å². The summed E-state index contributed by atoms with van der Waals surface area (Å²) in [5.41, 5.74) is 6.69. The number of aryl methyl sites for hydroxylation is 1. The molecule has 0 radical (unpaired) electrons. The van der Waals surface area contributed by atoms with E-state index in [4.69, 9.17) is 14.2 Å². The Balaban J connectivity index is 1.76. The number of hydrazone groups is 1. The molecule has 2 aromatic carbocycles. The molecule has 0 aliphatic carbocycles. The van der Waals surface area contributed by atoms with Crippen LogP contribution in [0.3, 0.4) is 0 Å². The normalized spacial score (nSPS) is 10.9. The van der Waals surface area contributed by atoms with Gasteiger partial charge in [-0.15, -0.1) is 0 Å². The number of rotatable bonds is 8. The van der Waals surface area contributed by atoms with Gasteiger partial charge in [0.1, 0.15) is 0 Å². The summed E-state index contributed by atoms with van der Waals surface area (Å²) in [7, 11) is 4.50. The van der Waals surface area contributed by atoms with Gasteiger partial charge in [-0.05, 0) is 31.5 Å². The van der Waals surface area contributed by atoms with E-state index in [2.05, 4.69) is 27.8 Å². The number of hydrogen-bond acceptors (Lipinski definition) is 6. The van der Waals surface area contributed by atoms with Gasteiger partial charge < -0.3 is 14.2 Å². The van der Waals surface area contributed by atoms with Gasteiger partial charge in [0.05, 0.1) is 39.8 Å². The molecule has 3 aromatic rings. The molecule has 1 amide bonds. The van der Waals surface area contributed by atoms with Crippen LogP contribution in [-0.2, 0) is 6.54 Å². The third kappa shape index (κ3) is 4.85. The molecule has 3 rings (SSSR count). The predicted octanol–water partition coefficient (Wildman–Crippen LogP) is 3.34. The molecular formula is C23H26N4O4. The van der Waals surface area contributed by atoms with Gasteiger partial charge in [-0.25, -0.2) is 5.43 Å². The third-order valence-electron chi connectivity index (χ3n) is 4.90. The zero-order chi connectivity index (χ0) is 22.4. The number of benzene rings is 2. The number of carbonyl (C=O) groups excluding carboxylic acids is 1. The van der Waals surface area contributed by atoms with Crippen molar-refractivity contribution in [2.24, 2.45) is 5.10 Å². The van der Waals surface area contributed by atoms with E-state index in [0.29, 0.717) is 29.4 Å². The lowest BCUT2D eigenvalue weighted by Crippen LogP contribution is -2.18. The predicted molar refractivity (Wildman–Crippen MR) is 118 cm³/mol. The summed E-state index contributed by atoms with van der Waals surface area (Å²) in [6.45, 7) is 4.56. The van der Waals surface area contributed by atoms with E-state index < -0.39 is 5.91 Å². The number of ether oxygens (including phenoxy) is 3. The maximum absolute atomic E-state index is 12.6. The topological polar surface area (TPSA) is 87.0 Å². The number of aromatic nitrogens is 2. The van der Waals surface area contributed by atoms with Gasteiger partial charge in [-0.2, -0.15) is 10.2 Å². The van der Waals surface area contributed by atoms with E-state index in [9.17, 15) is 4.79 Å². The molecule has 0 atom stereocenters. The fraction of sp³-hybridized carbons (Fsp3) is 0.261. The molecule has 0 fully saturated rings. The van der Waals surface area contributed by atoms with Crippen molar-refractivity contribution in [3.8, 4) is 17.2 Å². The van der Waals surface area contributed by atoms with Gasteiger partial charge >= 0.3 is 0 Å². The van der Waals surface area contributed by atoms with Crippen LogP contribution in [0.5, 0.6) is 17.2 Å². The zero-order valence-electron chi connectivity index (χ0n) is 18.3. The molecule has 0 bridgehead atoms. The Morgan fingerprint density at radius 1 is 1.06 bits per heavy atom. The van der Waals surface area contributed by atoms with Crippen LogP contribution in [0, 0.1) is 13.8 Å². The van der Waals surface area contributed by atoms with E-state index in [1.165, 1.54) is 21.3 Å². The first-order chi connectivity index (χ1) is 15.0. The van der Waals surface area contributed by atoms with E-state index >= 15 is 0 Å². The average Bonchev–Trinajstić information content (AvgIpc) is 3.05. The van der Waals surface area contributed by atoms with Gasteiger partial charge in [0.15, 0.2) is 11.5 Å². The highest BCUT2D eigenvalue weighted by atomic mass is 16.5. The Labute approximate surface area is 181 Å². The first-order valence-electron chi connectivity index (χ1n) is 9.69. The average molecular weight is 422 g/mol. The summed E-state index contributed by atoms with van der Waals surface area (Å²) in [6.07, 6.45) is 1.61. The first-order valence-corrected chi connectivity index (χ1v) is 9.69. The lowest BCUT2D eigenvalue weighted by atomic mass is 10.1. The zero-order valence-corrected chi connectivity index (χ0v) is 18.3. The summed E-state index contributed by atoms with van der Waals surface area (Å²) in [6, 6.07) is 13.2. The van der Waals surface area contributed by atoms with Gasteiger partial charge in [0.2, 0.25) is 5.75 Å². The van der Waals surface area contributed by atoms with Crippen molar-refractivity contribution in [3.05, 3.63) is 70.5 Å². The molecule has 0 spiro atoms. The Kier molecular flexibility index (Phi) is 6.92. The number of carbonyl (C=O) groups is 1. The Morgan fingerprint density at radius 3 is 2.29 bits per heavy atom. The van der Waals surface area contributed by atoms with Crippen molar-refractivity contribution in [1.82, 2.24) is 15.2 Å². The molecule has 31 heavy (non-hydrogen) atoms. The molecule has 0 unspecified atom stereocenters. The minimum absolute atomic E-state index is 0.333. The Hall–Kier alpha value is -3.81. The van der Waals surface area contributed by atoms with Crippen LogP contribution < -0.4 is 19.6 Å². The molecular weight excluding hydrogens is 396 g/mol. The molecule has 1 aromatic heterocycles. The van der Waals surface area contributed by atoms with Crippen molar-refractivity contribution in [3.63, 3.8) is 0 Å². The summed E-state index contributed by atoms with van der Waals surface area (Å²) >= 11 is 0. The van der Waals surface area contributed by atoms with E-state index in [0.717, 1.165) is 22.5 Å². The molecule has 8 heteroatoms. The van der Waals surface area contributed by atoms with Crippen molar-refractivity contribution >= 4 is 12.1 Å². The second kappa shape index (κ2) is 9.80. The SMILES string of the molecule is COc1cc(C(=O)N/N=C/c2c(C)nn(Cc3ccccc3)c2C)cc(OC)c1OC. The monoisotopic (exact) mass is 422 g/mol. The van der Waals surface area contributed by atoms with Crippen LogP contribution in [0.15, 0.2) is 47.6 Å². The van der Waals surface area contributed by atoms with Crippen LogP contribution >= 0.6 is 0 Å². The standard InChI is InChI=1S/C23H26N4O4/c1-15-19(16(2)27(26-15)14-17-9-7-6-8-10-17)13-24-25-23(28)18-11-20(29-3)22(31-5)21(12-18)30-4/h6-13H,14H2,1-5H3,(H,25,28)/b24-13+. The fourth-order valence-corrected chi connectivity index (χ4v) is 3.24. The Bertz CT molecular complexity index is 1070. The van der Waals surface area contributed by atoms with Crippen molar-refractivity contribution in [2.75, 3.05) is 21.3 Å². The molecule has 0 aliphatic rings. The van der Waals surface area contributed by atoms with E-state index in [-0.39, 0.29) is 0 Å². The molecule has 0 aliphatic heterocycles. The lowest BCUT2D eigenvalue weighted by Gasteiger charge is -2.13. The number of methoxy groups -OCH3 is 3. The maximum atomic E-state index is 12.6. The minimum atomic E-state index is -0.400. The lowest BCUT2D eigenvalue weighted by molar-refractivity contribution is 0.0954. The second-order valence-electron chi connectivity index (χ2n) is 6.84. The van der Waals surface area contributed by atoms with Crippen molar-refractivity contribution in [1.29, 1.82) is 0 Å². The fourth-order valence-electron chi connectivity index (χ4n) is 3.24. The third-order valence-corrected chi connectivity index (χ3v) is 4.90. The quantitative estimate of drug-likeness (QED) is 0.444. The van der Waals surface area contributed by atoms with Crippen LogP contribution in [0.25, 0.3) is 0 Å². The highest BCUT2D eigenvalue weighted by Gasteiger charge is 2.17. The highest BCUT2D eigenvalue weighted by molar-refractivity contribution is 5.96. The number of amides is 1. The van der Waals surface area contributed by atoms with Crippen LogP contribution in [0.2, 0.25) is 0 Å². The highest BCUT2D eigenvalue weighted by Crippen LogP contribution is 2.38. The molecule has 1 heterocycles. The van der Waals surface area contributed by atoms with Crippen molar-refractivity contribution in [2.45, 2.75) is 20.4 Å². The summed E-state index contributed by atoms with van der Waals surface area (Å²) in [4.78, 5) is 12.6. The summed E-state index contributed by atoms with van der Waals surface area (Å²) in [5, 5.41) is 8.71. The summed E-state index contributed by atoms with van der Waals surface area (Å²) < 4.78 is 17.8. The smallest absolute Gasteiger partial charge is 0.271 e. The minimum Gasteiger partial charge on any atom is -0.493 e. The van der Waals surface area contributed by atoms with E-state index in [1.54, 1.807) is 18.3 Å². The number of hydrogen-bond donors (Lipinski definition) is 1. The number of nitrogens with one attached hydrogen (secondary N) is 1.